The van der Waals surface area contributed by atoms with Crippen LogP contribution in [0.4, 0.5) is 11.5 Å². The number of hydrogen-bond acceptors (Lipinski definition) is 6. The van der Waals surface area contributed by atoms with Gasteiger partial charge >= 0.3 is 7.12 Å². The average Bonchev–Trinajstić information content (AvgIpc) is 3.11. The van der Waals surface area contributed by atoms with Gasteiger partial charge in [0.25, 0.3) is 0 Å². The first kappa shape index (κ1) is 28.2. The molecule has 0 aliphatic carbocycles. The van der Waals surface area contributed by atoms with E-state index in [0.29, 0.717) is 11.8 Å². The minimum Gasteiger partial charge on any atom is -0.399 e. The van der Waals surface area contributed by atoms with E-state index in [1.54, 1.807) is 0 Å². The number of nitrogens with zero attached hydrogens (tertiary/aromatic N) is 3. The third kappa shape index (κ3) is 6.05. The molecular formula is C32H46BN3O3. The van der Waals surface area contributed by atoms with Gasteiger partial charge in [0, 0.05) is 55.5 Å². The summed E-state index contributed by atoms with van der Waals surface area (Å²) in [4.78, 5) is 22.3. The van der Waals surface area contributed by atoms with E-state index in [1.165, 1.54) is 31.4 Å². The number of hydrogen-bond donors (Lipinski definition) is 0. The number of ketones is 1. The lowest BCUT2D eigenvalue weighted by Gasteiger charge is -2.47. The zero-order valence-corrected chi connectivity index (χ0v) is 25.0. The van der Waals surface area contributed by atoms with Crippen LogP contribution in [0.15, 0.2) is 42.6 Å². The van der Waals surface area contributed by atoms with Crippen molar-refractivity contribution in [3.8, 4) is 0 Å². The highest BCUT2D eigenvalue weighted by Crippen LogP contribution is 2.43. The highest BCUT2D eigenvalue weighted by molar-refractivity contribution is 6.62. The SMILES string of the molecule is CC(C)(C)CC(=O)c1ccc(N2CCC3(CC2)CCN(c2ccc(B4OC(C)(C)C(C)(C)O4)cn2)CC3)cc1. The predicted molar refractivity (Wildman–Crippen MR) is 160 cm³/mol. The van der Waals surface area contributed by atoms with E-state index in [0.717, 1.165) is 43.0 Å². The topological polar surface area (TPSA) is 54.9 Å². The number of anilines is 2. The molecule has 0 saturated carbocycles. The number of aromatic nitrogens is 1. The smallest absolute Gasteiger partial charge is 0.399 e. The van der Waals surface area contributed by atoms with Gasteiger partial charge in [-0.1, -0.05) is 26.8 Å². The summed E-state index contributed by atoms with van der Waals surface area (Å²) in [5.74, 6) is 1.28. The van der Waals surface area contributed by atoms with E-state index in [4.69, 9.17) is 14.3 Å². The van der Waals surface area contributed by atoms with Gasteiger partial charge in [0.05, 0.1) is 11.2 Å². The van der Waals surface area contributed by atoms with Crippen molar-refractivity contribution in [1.82, 2.24) is 4.98 Å². The molecule has 0 amide bonds. The molecule has 39 heavy (non-hydrogen) atoms. The fourth-order valence-corrected chi connectivity index (χ4v) is 6.09. The molecule has 0 radical (unpaired) electrons. The summed E-state index contributed by atoms with van der Waals surface area (Å²) in [5, 5.41) is 0. The van der Waals surface area contributed by atoms with E-state index in [9.17, 15) is 4.79 Å². The van der Waals surface area contributed by atoms with Crippen LogP contribution in [0, 0.1) is 10.8 Å². The number of Topliss-reactive ketones (excluding diaryl/α,β-unsaturated/α-hetero) is 1. The molecule has 2 aromatic rings. The molecular weight excluding hydrogens is 485 g/mol. The maximum atomic E-state index is 12.6. The minimum atomic E-state index is -0.369. The maximum Gasteiger partial charge on any atom is 0.496 e. The van der Waals surface area contributed by atoms with Gasteiger partial charge in [-0.2, -0.15) is 0 Å². The van der Waals surface area contributed by atoms with Crippen molar-refractivity contribution in [1.29, 1.82) is 0 Å². The normalized spacial score (nSPS) is 22.4. The lowest BCUT2D eigenvalue weighted by atomic mass is 9.71. The van der Waals surface area contributed by atoms with Gasteiger partial charge in [-0.25, -0.2) is 4.98 Å². The van der Waals surface area contributed by atoms with Gasteiger partial charge in [0.1, 0.15) is 5.82 Å². The minimum absolute atomic E-state index is 0.0142. The molecule has 3 fully saturated rings. The van der Waals surface area contributed by atoms with Crippen molar-refractivity contribution >= 4 is 29.9 Å². The summed E-state index contributed by atoms with van der Waals surface area (Å²) in [7, 11) is -0.369. The predicted octanol–water partition coefficient (Wildman–Crippen LogP) is 5.89. The number of pyridine rings is 1. The second-order valence-corrected chi connectivity index (χ2v) is 14.2. The van der Waals surface area contributed by atoms with E-state index >= 15 is 0 Å². The van der Waals surface area contributed by atoms with Gasteiger partial charge in [-0.3, -0.25) is 4.79 Å². The van der Waals surface area contributed by atoms with Crippen LogP contribution in [-0.4, -0.2) is 55.3 Å². The third-order valence-corrected chi connectivity index (χ3v) is 9.51. The summed E-state index contributed by atoms with van der Waals surface area (Å²) >= 11 is 0. The van der Waals surface area contributed by atoms with Gasteiger partial charge in [-0.15, -0.1) is 0 Å². The molecule has 210 valence electrons. The van der Waals surface area contributed by atoms with Crippen LogP contribution >= 0.6 is 0 Å². The lowest BCUT2D eigenvalue weighted by Crippen LogP contribution is -2.47. The Morgan fingerprint density at radius 1 is 0.846 bits per heavy atom. The van der Waals surface area contributed by atoms with Crippen LogP contribution in [0.2, 0.25) is 0 Å². The van der Waals surface area contributed by atoms with Crippen molar-refractivity contribution in [3.63, 3.8) is 0 Å². The first-order valence-electron chi connectivity index (χ1n) is 14.7. The van der Waals surface area contributed by atoms with E-state index in [2.05, 4.69) is 82.5 Å². The van der Waals surface area contributed by atoms with Gasteiger partial charge < -0.3 is 19.1 Å². The zero-order valence-electron chi connectivity index (χ0n) is 25.0. The monoisotopic (exact) mass is 531 g/mol. The number of piperidine rings is 2. The van der Waals surface area contributed by atoms with Crippen LogP contribution < -0.4 is 15.3 Å². The Hall–Kier alpha value is -2.38. The average molecular weight is 532 g/mol. The summed E-state index contributed by atoms with van der Waals surface area (Å²) in [5.41, 5.74) is 2.79. The van der Waals surface area contributed by atoms with E-state index in [-0.39, 0.29) is 29.5 Å². The molecule has 3 saturated heterocycles. The summed E-state index contributed by atoms with van der Waals surface area (Å²) < 4.78 is 12.4. The molecule has 1 aromatic heterocycles. The Morgan fingerprint density at radius 2 is 1.38 bits per heavy atom. The van der Waals surface area contributed by atoms with Crippen LogP contribution in [-0.2, 0) is 9.31 Å². The molecule has 0 unspecified atom stereocenters. The largest absolute Gasteiger partial charge is 0.496 e. The second-order valence-electron chi connectivity index (χ2n) is 14.2. The fourth-order valence-electron chi connectivity index (χ4n) is 6.09. The number of carbonyl (C=O) groups is 1. The van der Waals surface area contributed by atoms with E-state index < -0.39 is 0 Å². The van der Waals surface area contributed by atoms with Crippen molar-refractivity contribution in [2.24, 2.45) is 10.8 Å². The van der Waals surface area contributed by atoms with Crippen molar-refractivity contribution in [2.45, 2.75) is 91.8 Å². The van der Waals surface area contributed by atoms with Crippen LogP contribution in [0.5, 0.6) is 0 Å². The Bertz CT molecular complexity index is 1140. The van der Waals surface area contributed by atoms with Gasteiger partial charge in [0.2, 0.25) is 0 Å². The molecule has 0 atom stereocenters. The van der Waals surface area contributed by atoms with Crippen LogP contribution in [0.25, 0.3) is 0 Å². The first-order valence-corrected chi connectivity index (χ1v) is 14.7. The molecule has 0 N–H and O–H groups in total. The summed E-state index contributed by atoms with van der Waals surface area (Å²) in [6.07, 6.45) is 7.36. The molecule has 6 nitrogen and oxygen atoms in total. The highest BCUT2D eigenvalue weighted by Gasteiger charge is 2.51. The van der Waals surface area contributed by atoms with Crippen molar-refractivity contribution < 1.29 is 14.1 Å². The second kappa shape index (κ2) is 10.2. The van der Waals surface area contributed by atoms with Crippen molar-refractivity contribution in [2.75, 3.05) is 36.0 Å². The first-order chi connectivity index (χ1) is 18.3. The molecule has 1 spiro atoms. The Kier molecular flexibility index (Phi) is 7.39. The Labute approximate surface area is 235 Å². The standard InChI is InChI=1S/C32H46BN3O3/c1-29(2,3)22-27(37)24-8-11-26(12-9-24)35-18-14-32(15-19-35)16-20-36(21-17-32)28-13-10-25(23-34-28)33-38-30(4,5)31(6,7)39-33/h8-13,23H,14-22H2,1-7H3. The summed E-state index contributed by atoms with van der Waals surface area (Å²) in [6, 6.07) is 12.5. The van der Waals surface area contributed by atoms with Crippen LogP contribution in [0.1, 0.15) is 90.9 Å². The van der Waals surface area contributed by atoms with E-state index in [1.807, 2.05) is 18.3 Å². The summed E-state index contributed by atoms with van der Waals surface area (Å²) in [6.45, 7) is 18.9. The molecule has 3 aliphatic heterocycles. The van der Waals surface area contributed by atoms with Crippen molar-refractivity contribution in [3.05, 3.63) is 48.2 Å². The lowest BCUT2D eigenvalue weighted by molar-refractivity contribution is 0.00578. The fraction of sp³-hybridized carbons (Fsp3) is 0.625. The number of rotatable bonds is 5. The quantitative estimate of drug-likeness (QED) is 0.355. The zero-order chi connectivity index (χ0) is 28.1. The van der Waals surface area contributed by atoms with Gasteiger partial charge in [0.15, 0.2) is 5.78 Å². The molecule has 5 rings (SSSR count). The number of carbonyl (C=O) groups excluding carboxylic acids is 1. The Balaban J connectivity index is 1.12. The molecule has 7 heteroatoms. The molecule has 4 heterocycles. The Morgan fingerprint density at radius 3 is 1.87 bits per heavy atom. The molecule has 3 aliphatic rings. The molecule has 1 aromatic carbocycles. The highest BCUT2D eigenvalue weighted by atomic mass is 16.7. The number of benzene rings is 1. The third-order valence-electron chi connectivity index (χ3n) is 9.51. The molecule has 0 bridgehead atoms. The van der Waals surface area contributed by atoms with Gasteiger partial charge in [-0.05, 0) is 94.5 Å². The maximum absolute atomic E-state index is 12.6. The van der Waals surface area contributed by atoms with Crippen LogP contribution in [0.3, 0.4) is 0 Å².